The molecule has 0 spiro atoms. The fourth-order valence-electron chi connectivity index (χ4n) is 3.53. The van der Waals surface area contributed by atoms with Crippen LogP contribution in [0.4, 0.5) is 15.6 Å². The van der Waals surface area contributed by atoms with Gasteiger partial charge in [0.1, 0.15) is 11.6 Å². The van der Waals surface area contributed by atoms with Crippen LogP contribution >= 0.6 is 34.7 Å². The Balaban J connectivity index is 1.36. The lowest BCUT2D eigenvalue weighted by Gasteiger charge is -2.22. The van der Waals surface area contributed by atoms with Crippen LogP contribution in [0.3, 0.4) is 0 Å². The minimum Gasteiger partial charge on any atom is -0.497 e. The summed E-state index contributed by atoms with van der Waals surface area (Å²) in [4.78, 5) is 21.5. The van der Waals surface area contributed by atoms with E-state index < -0.39 is 0 Å². The van der Waals surface area contributed by atoms with Crippen LogP contribution in [0.5, 0.6) is 5.75 Å². The van der Waals surface area contributed by atoms with Gasteiger partial charge in [-0.3, -0.25) is 0 Å². The van der Waals surface area contributed by atoms with Crippen molar-refractivity contribution in [2.24, 2.45) is 0 Å². The topological polar surface area (TPSA) is 70.6 Å². The van der Waals surface area contributed by atoms with Crippen LogP contribution in [-0.2, 0) is 6.42 Å². The molecule has 1 aliphatic rings. The minimum absolute atomic E-state index is 0.210. The summed E-state index contributed by atoms with van der Waals surface area (Å²) in [5, 5.41) is 4.55. The standard InChI is InChI=1S/C22H23Cl2N5O2S/c1-31-16-6-2-5-15(13-16)14-19-25-22(32-27-19)29-10-4-9-28(11-12-29)21(30)26-20-17(23)7-3-8-18(20)24/h2-3,5-8,13H,4,9-12,14H2,1H3,(H,26,30). The second kappa shape index (κ2) is 10.4. The number of halogens is 2. The molecular weight excluding hydrogens is 469 g/mol. The lowest BCUT2D eigenvalue weighted by atomic mass is 10.1. The molecule has 1 N–H and O–H groups in total. The zero-order valence-corrected chi connectivity index (χ0v) is 19.9. The van der Waals surface area contributed by atoms with E-state index in [1.807, 2.05) is 24.3 Å². The molecule has 2 amide bonds. The Morgan fingerprint density at radius 2 is 1.91 bits per heavy atom. The third-order valence-electron chi connectivity index (χ3n) is 5.20. The van der Waals surface area contributed by atoms with Gasteiger partial charge < -0.3 is 19.9 Å². The summed E-state index contributed by atoms with van der Waals surface area (Å²) in [6.07, 6.45) is 1.48. The number of urea groups is 1. The molecule has 0 aliphatic carbocycles. The number of hydrogen-bond donors (Lipinski definition) is 1. The van der Waals surface area contributed by atoms with E-state index in [0.717, 1.165) is 35.2 Å². The monoisotopic (exact) mass is 491 g/mol. The molecule has 168 valence electrons. The van der Waals surface area contributed by atoms with Crippen LogP contribution in [0.15, 0.2) is 42.5 Å². The predicted octanol–water partition coefficient (Wildman–Crippen LogP) is 5.19. The molecule has 3 aromatic rings. The number of carbonyl (C=O) groups excluding carboxylic acids is 1. The molecule has 0 unspecified atom stereocenters. The fourth-order valence-corrected chi connectivity index (χ4v) is 4.75. The van der Waals surface area contributed by atoms with Gasteiger partial charge in [-0.25, -0.2) is 9.78 Å². The van der Waals surface area contributed by atoms with Crippen LogP contribution in [0, 0.1) is 0 Å². The lowest BCUT2D eigenvalue weighted by Crippen LogP contribution is -2.38. The number of amides is 2. The van der Waals surface area contributed by atoms with Gasteiger partial charge in [-0.1, -0.05) is 41.4 Å². The molecule has 0 saturated carbocycles. The highest BCUT2D eigenvalue weighted by Gasteiger charge is 2.22. The molecule has 0 bridgehead atoms. The number of nitrogens with one attached hydrogen (secondary N) is 1. The van der Waals surface area contributed by atoms with Crippen LogP contribution in [0.1, 0.15) is 17.8 Å². The van der Waals surface area contributed by atoms with Gasteiger partial charge in [0.05, 0.1) is 22.8 Å². The number of hydrogen-bond acceptors (Lipinski definition) is 6. The molecule has 7 nitrogen and oxygen atoms in total. The normalized spacial score (nSPS) is 14.2. The lowest BCUT2D eigenvalue weighted by molar-refractivity contribution is 0.215. The highest BCUT2D eigenvalue weighted by molar-refractivity contribution is 7.09. The Hall–Kier alpha value is -2.55. The molecular formula is C22H23Cl2N5O2S. The Bertz CT molecular complexity index is 1070. The Morgan fingerprint density at radius 3 is 2.69 bits per heavy atom. The SMILES string of the molecule is COc1cccc(Cc2nsc(N3CCCN(C(=O)Nc4c(Cl)cccc4Cl)CC3)n2)c1. The Morgan fingerprint density at radius 1 is 1.12 bits per heavy atom. The van der Waals surface area contributed by atoms with Gasteiger partial charge >= 0.3 is 6.03 Å². The summed E-state index contributed by atoms with van der Waals surface area (Å²) in [5.41, 5.74) is 1.54. The van der Waals surface area contributed by atoms with Gasteiger partial charge in [0.2, 0.25) is 5.13 Å². The summed E-state index contributed by atoms with van der Waals surface area (Å²) in [6.45, 7) is 2.69. The molecule has 1 fully saturated rings. The fraction of sp³-hybridized carbons (Fsp3) is 0.318. The molecule has 0 atom stereocenters. The van der Waals surface area contributed by atoms with Crippen molar-refractivity contribution in [3.63, 3.8) is 0 Å². The van der Waals surface area contributed by atoms with Crippen molar-refractivity contribution < 1.29 is 9.53 Å². The number of nitrogens with zero attached hydrogens (tertiary/aromatic N) is 4. The van der Waals surface area contributed by atoms with E-state index >= 15 is 0 Å². The first kappa shape index (κ1) is 22.6. The molecule has 4 rings (SSSR count). The largest absolute Gasteiger partial charge is 0.497 e. The van der Waals surface area contributed by atoms with Crippen LogP contribution in [-0.4, -0.2) is 53.6 Å². The van der Waals surface area contributed by atoms with Gasteiger partial charge in [-0.05, 0) is 36.2 Å². The van der Waals surface area contributed by atoms with E-state index in [1.165, 1.54) is 11.5 Å². The minimum atomic E-state index is -0.210. The van der Waals surface area contributed by atoms with Crippen LogP contribution in [0.25, 0.3) is 0 Å². The van der Waals surface area contributed by atoms with Gasteiger partial charge in [-0.15, -0.1) is 0 Å². The first-order valence-corrected chi connectivity index (χ1v) is 11.8. The zero-order chi connectivity index (χ0) is 22.5. The number of rotatable bonds is 5. The first-order chi connectivity index (χ1) is 15.5. The number of aromatic nitrogens is 2. The highest BCUT2D eigenvalue weighted by atomic mass is 35.5. The van der Waals surface area contributed by atoms with Crippen LogP contribution < -0.4 is 15.0 Å². The molecule has 10 heteroatoms. The quantitative estimate of drug-likeness (QED) is 0.531. The number of para-hydroxylation sites is 1. The number of carbonyl (C=O) groups is 1. The molecule has 1 aromatic heterocycles. The molecule has 32 heavy (non-hydrogen) atoms. The third kappa shape index (κ3) is 5.43. The molecule has 2 heterocycles. The van der Waals surface area contributed by atoms with E-state index in [9.17, 15) is 4.79 Å². The molecule has 1 aliphatic heterocycles. The number of anilines is 2. The molecule has 0 radical (unpaired) electrons. The van der Waals surface area contributed by atoms with E-state index in [2.05, 4.69) is 14.6 Å². The average molecular weight is 492 g/mol. The predicted molar refractivity (Wildman–Crippen MR) is 130 cm³/mol. The first-order valence-electron chi connectivity index (χ1n) is 10.2. The Labute approximate surface area is 201 Å². The summed E-state index contributed by atoms with van der Waals surface area (Å²) < 4.78 is 9.82. The summed E-state index contributed by atoms with van der Waals surface area (Å²) >= 11 is 13.7. The average Bonchev–Trinajstić information content (AvgIpc) is 3.10. The van der Waals surface area contributed by atoms with Gasteiger partial charge in [-0.2, -0.15) is 4.37 Å². The van der Waals surface area contributed by atoms with E-state index in [4.69, 9.17) is 32.9 Å². The number of benzene rings is 2. The number of ether oxygens (including phenoxy) is 1. The van der Waals surface area contributed by atoms with E-state index in [1.54, 1.807) is 30.2 Å². The third-order valence-corrected chi connectivity index (χ3v) is 6.65. The maximum Gasteiger partial charge on any atom is 0.321 e. The number of methoxy groups -OCH3 is 1. The second-order valence-corrected chi connectivity index (χ2v) is 8.92. The van der Waals surface area contributed by atoms with E-state index in [-0.39, 0.29) is 6.03 Å². The van der Waals surface area contributed by atoms with Crippen LogP contribution in [0.2, 0.25) is 10.0 Å². The summed E-state index contributed by atoms with van der Waals surface area (Å²) in [7, 11) is 1.66. The van der Waals surface area contributed by atoms with Gasteiger partial charge in [0.25, 0.3) is 0 Å². The van der Waals surface area contributed by atoms with Crippen molar-refractivity contribution in [1.82, 2.24) is 14.3 Å². The van der Waals surface area contributed by atoms with Crippen molar-refractivity contribution >= 4 is 51.6 Å². The zero-order valence-electron chi connectivity index (χ0n) is 17.6. The molecule has 1 saturated heterocycles. The maximum absolute atomic E-state index is 12.8. The van der Waals surface area contributed by atoms with Crippen molar-refractivity contribution in [2.45, 2.75) is 12.8 Å². The van der Waals surface area contributed by atoms with Gasteiger partial charge in [0.15, 0.2) is 0 Å². The summed E-state index contributed by atoms with van der Waals surface area (Å²) in [6, 6.07) is 12.9. The second-order valence-electron chi connectivity index (χ2n) is 7.38. The maximum atomic E-state index is 12.8. The van der Waals surface area contributed by atoms with E-state index in [0.29, 0.717) is 41.8 Å². The smallest absolute Gasteiger partial charge is 0.321 e. The van der Waals surface area contributed by atoms with Crippen molar-refractivity contribution in [3.8, 4) is 5.75 Å². The summed E-state index contributed by atoms with van der Waals surface area (Å²) in [5.74, 6) is 1.60. The van der Waals surface area contributed by atoms with Crippen molar-refractivity contribution in [2.75, 3.05) is 43.5 Å². The Kier molecular flexibility index (Phi) is 7.34. The molecule has 2 aromatic carbocycles. The van der Waals surface area contributed by atoms with Crippen molar-refractivity contribution in [1.29, 1.82) is 0 Å². The van der Waals surface area contributed by atoms with Crippen molar-refractivity contribution in [3.05, 3.63) is 63.9 Å². The van der Waals surface area contributed by atoms with Gasteiger partial charge in [0, 0.05) is 44.1 Å². The highest BCUT2D eigenvalue weighted by Crippen LogP contribution is 2.30.